The molecule has 2 heterocycles. The van der Waals surface area contributed by atoms with Gasteiger partial charge >= 0.3 is 0 Å². The normalized spacial score (nSPS) is 13.2. The van der Waals surface area contributed by atoms with Crippen molar-refractivity contribution in [1.82, 2.24) is 14.8 Å². The Bertz CT molecular complexity index is 1630. The minimum Gasteiger partial charge on any atom is -0.365 e. The number of hydrogen-bond acceptors (Lipinski definition) is 8. The first-order chi connectivity index (χ1) is 18.7. The molecule has 1 aliphatic carbocycles. The lowest BCUT2D eigenvalue weighted by Crippen LogP contribution is -2.19. The summed E-state index contributed by atoms with van der Waals surface area (Å²) in [6.45, 7) is 1.89. The molecule has 0 saturated heterocycles. The summed E-state index contributed by atoms with van der Waals surface area (Å²) in [6.07, 6.45) is 3.69. The molecule has 0 unspecified atom stereocenters. The maximum absolute atomic E-state index is 13.2. The van der Waals surface area contributed by atoms with Crippen molar-refractivity contribution < 1.29 is 18.0 Å². The second-order valence-electron chi connectivity index (χ2n) is 9.26. The van der Waals surface area contributed by atoms with Gasteiger partial charge in [-0.2, -0.15) is 0 Å². The summed E-state index contributed by atoms with van der Waals surface area (Å²) in [6, 6.07) is 15.8. The fourth-order valence-corrected chi connectivity index (χ4v) is 7.86. The number of rotatable bonds is 9. The molecule has 0 bridgehead atoms. The highest BCUT2D eigenvalue weighted by Gasteiger charge is 2.26. The van der Waals surface area contributed by atoms with Gasteiger partial charge in [0.1, 0.15) is 10.8 Å². The quantitative estimate of drug-likeness (QED) is 0.281. The van der Waals surface area contributed by atoms with Gasteiger partial charge in [-0.3, -0.25) is 14.2 Å². The molecule has 0 radical (unpaired) electrons. The number of primary amides is 1. The number of nitrogens with zero attached hydrogens (tertiary/aromatic N) is 3. The van der Waals surface area contributed by atoms with Crippen molar-refractivity contribution in [3.05, 3.63) is 82.0 Å². The minimum absolute atomic E-state index is 0.0174. The first kappa shape index (κ1) is 27.1. The standard InChI is InChI=1S/C27H27N5O4S3/c1-17-11-13-19(14-12-17)39(35,36)16-22-30-31-27(32(22)18-7-3-2-4-8-18)37-15-23(33)29-26-24(25(28)34)20-9-5-6-10-21(20)38-26/h2-4,7-8,11-14H,5-6,9-10,15-16H2,1H3,(H2,28,34)(H,29,33). The first-order valence-corrected chi connectivity index (χ1v) is 15.8. The Morgan fingerprint density at radius 3 is 2.49 bits per heavy atom. The molecule has 0 saturated carbocycles. The molecule has 1 aliphatic rings. The minimum atomic E-state index is -3.69. The molecular weight excluding hydrogens is 555 g/mol. The average molecular weight is 582 g/mol. The number of thioether (sulfide) groups is 1. The lowest BCUT2D eigenvalue weighted by Gasteiger charge is -2.11. The highest BCUT2D eigenvalue weighted by Crippen LogP contribution is 2.38. The van der Waals surface area contributed by atoms with E-state index in [1.807, 2.05) is 37.3 Å². The van der Waals surface area contributed by atoms with E-state index in [0.717, 1.165) is 53.4 Å². The molecule has 39 heavy (non-hydrogen) atoms. The molecule has 0 atom stereocenters. The number of carbonyl (C=O) groups is 2. The molecule has 4 aromatic rings. The lowest BCUT2D eigenvalue weighted by atomic mass is 9.95. The molecular formula is C27H27N5O4S3. The lowest BCUT2D eigenvalue weighted by molar-refractivity contribution is -0.113. The Hall–Kier alpha value is -3.48. The Balaban J connectivity index is 1.37. The predicted molar refractivity (Wildman–Crippen MR) is 152 cm³/mol. The number of nitrogens with two attached hydrogens (primary N) is 1. The number of hydrogen-bond donors (Lipinski definition) is 2. The van der Waals surface area contributed by atoms with E-state index < -0.39 is 15.7 Å². The fourth-order valence-electron chi connectivity index (χ4n) is 4.53. The van der Waals surface area contributed by atoms with Crippen LogP contribution in [0.1, 0.15) is 45.0 Å². The van der Waals surface area contributed by atoms with E-state index in [4.69, 9.17) is 5.73 Å². The third-order valence-corrected chi connectivity index (χ3v) is 10.2. The number of thiophene rings is 1. The fraction of sp³-hybridized carbons (Fsp3) is 0.259. The van der Waals surface area contributed by atoms with Crippen LogP contribution in [0, 0.1) is 6.92 Å². The Morgan fingerprint density at radius 2 is 1.77 bits per heavy atom. The first-order valence-electron chi connectivity index (χ1n) is 12.4. The summed E-state index contributed by atoms with van der Waals surface area (Å²) in [5.41, 5.74) is 8.65. The largest absolute Gasteiger partial charge is 0.365 e. The monoisotopic (exact) mass is 581 g/mol. The summed E-state index contributed by atoms with van der Waals surface area (Å²) in [5.74, 6) is -0.992. The van der Waals surface area contributed by atoms with Gasteiger partial charge in [0.25, 0.3) is 5.91 Å². The number of carbonyl (C=O) groups excluding carboxylic acids is 2. The Labute approximate surface area is 234 Å². The number of anilines is 1. The summed E-state index contributed by atoms with van der Waals surface area (Å²) < 4.78 is 28.0. The zero-order valence-electron chi connectivity index (χ0n) is 21.2. The number of para-hydroxylation sites is 1. The van der Waals surface area contributed by atoms with Gasteiger partial charge in [-0.05, 0) is 62.4 Å². The number of aryl methyl sites for hydroxylation is 2. The van der Waals surface area contributed by atoms with Crippen LogP contribution in [0.15, 0.2) is 64.6 Å². The molecule has 0 fully saturated rings. The van der Waals surface area contributed by atoms with Crippen molar-refractivity contribution in [3.63, 3.8) is 0 Å². The van der Waals surface area contributed by atoms with Gasteiger partial charge in [0.15, 0.2) is 20.8 Å². The van der Waals surface area contributed by atoms with Crippen LogP contribution in [0.4, 0.5) is 5.00 Å². The molecule has 0 spiro atoms. The van der Waals surface area contributed by atoms with E-state index in [1.165, 1.54) is 11.3 Å². The third kappa shape index (κ3) is 5.92. The van der Waals surface area contributed by atoms with Crippen LogP contribution in [0.3, 0.4) is 0 Å². The van der Waals surface area contributed by atoms with E-state index in [-0.39, 0.29) is 28.1 Å². The van der Waals surface area contributed by atoms with Crippen LogP contribution in [0.5, 0.6) is 0 Å². The van der Waals surface area contributed by atoms with Crippen molar-refractivity contribution >= 4 is 49.8 Å². The van der Waals surface area contributed by atoms with Crippen LogP contribution in [0.25, 0.3) is 5.69 Å². The van der Waals surface area contributed by atoms with Crippen molar-refractivity contribution in [1.29, 1.82) is 0 Å². The van der Waals surface area contributed by atoms with Gasteiger partial charge in [0, 0.05) is 10.6 Å². The van der Waals surface area contributed by atoms with E-state index in [1.54, 1.807) is 28.8 Å². The van der Waals surface area contributed by atoms with E-state index in [2.05, 4.69) is 15.5 Å². The highest BCUT2D eigenvalue weighted by molar-refractivity contribution is 7.99. The van der Waals surface area contributed by atoms with Gasteiger partial charge in [0.2, 0.25) is 5.91 Å². The van der Waals surface area contributed by atoms with Crippen LogP contribution >= 0.6 is 23.1 Å². The Morgan fingerprint density at radius 1 is 1.05 bits per heavy atom. The number of fused-ring (bicyclic) bond motifs is 1. The second kappa shape index (κ2) is 11.3. The van der Waals surface area contributed by atoms with E-state index in [0.29, 0.717) is 21.4 Å². The SMILES string of the molecule is Cc1ccc(S(=O)(=O)Cc2nnc(SCC(=O)Nc3sc4c(c3C(N)=O)CCCC4)n2-c2ccccc2)cc1. The number of nitrogens with one attached hydrogen (secondary N) is 1. The van der Waals surface area contributed by atoms with Crippen molar-refractivity contribution in [2.75, 3.05) is 11.1 Å². The molecule has 3 N–H and O–H groups in total. The zero-order chi connectivity index (χ0) is 27.6. The summed E-state index contributed by atoms with van der Waals surface area (Å²) in [4.78, 5) is 26.4. The average Bonchev–Trinajstić information content (AvgIpc) is 3.48. The van der Waals surface area contributed by atoms with Gasteiger partial charge in [-0.1, -0.05) is 47.7 Å². The second-order valence-corrected chi connectivity index (χ2v) is 13.3. The predicted octanol–water partition coefficient (Wildman–Crippen LogP) is 4.32. The highest BCUT2D eigenvalue weighted by atomic mass is 32.2. The number of sulfone groups is 1. The number of aromatic nitrogens is 3. The maximum Gasteiger partial charge on any atom is 0.251 e. The summed E-state index contributed by atoms with van der Waals surface area (Å²) in [5, 5.41) is 12.1. The molecule has 2 aromatic heterocycles. The molecule has 2 aromatic carbocycles. The smallest absolute Gasteiger partial charge is 0.251 e. The molecule has 0 aliphatic heterocycles. The summed E-state index contributed by atoms with van der Waals surface area (Å²) >= 11 is 2.54. The molecule has 202 valence electrons. The molecule has 9 nitrogen and oxygen atoms in total. The number of benzene rings is 2. The van der Waals surface area contributed by atoms with Crippen LogP contribution in [0.2, 0.25) is 0 Å². The van der Waals surface area contributed by atoms with Gasteiger partial charge in [0.05, 0.1) is 16.2 Å². The van der Waals surface area contributed by atoms with E-state index in [9.17, 15) is 18.0 Å². The van der Waals surface area contributed by atoms with Crippen molar-refractivity contribution in [2.24, 2.45) is 5.73 Å². The molecule has 2 amide bonds. The van der Waals surface area contributed by atoms with Crippen LogP contribution < -0.4 is 11.1 Å². The van der Waals surface area contributed by atoms with Crippen LogP contribution in [-0.2, 0) is 33.2 Å². The molecule has 12 heteroatoms. The van der Waals surface area contributed by atoms with Gasteiger partial charge < -0.3 is 11.1 Å². The zero-order valence-corrected chi connectivity index (χ0v) is 23.7. The van der Waals surface area contributed by atoms with Gasteiger partial charge in [-0.15, -0.1) is 21.5 Å². The van der Waals surface area contributed by atoms with E-state index >= 15 is 0 Å². The molecule has 5 rings (SSSR count). The van der Waals surface area contributed by atoms with Crippen molar-refractivity contribution in [3.8, 4) is 5.69 Å². The third-order valence-electron chi connectivity index (χ3n) is 6.42. The Kier molecular flexibility index (Phi) is 7.87. The topological polar surface area (TPSA) is 137 Å². The summed E-state index contributed by atoms with van der Waals surface area (Å²) in [7, 11) is -3.69. The van der Waals surface area contributed by atoms with Crippen molar-refractivity contribution in [2.45, 2.75) is 48.4 Å². The maximum atomic E-state index is 13.2. The number of amides is 2. The van der Waals surface area contributed by atoms with Crippen LogP contribution in [-0.4, -0.2) is 40.7 Å². The van der Waals surface area contributed by atoms with Gasteiger partial charge in [-0.25, -0.2) is 8.42 Å².